The fourth-order valence-corrected chi connectivity index (χ4v) is 2.46. The highest BCUT2D eigenvalue weighted by Crippen LogP contribution is 2.23. The van der Waals surface area contributed by atoms with E-state index in [-0.39, 0.29) is 6.10 Å². The Morgan fingerprint density at radius 1 is 1.32 bits per heavy atom. The molecular formula is C15H25NO2S. The molecule has 0 saturated heterocycles. The number of benzene rings is 1. The van der Waals surface area contributed by atoms with Crippen molar-refractivity contribution in [3.63, 3.8) is 0 Å². The van der Waals surface area contributed by atoms with Gasteiger partial charge in [-0.2, -0.15) is 0 Å². The van der Waals surface area contributed by atoms with Gasteiger partial charge in [-0.15, -0.1) is 11.8 Å². The molecule has 0 aliphatic carbocycles. The number of nitrogens with one attached hydrogen (secondary N) is 1. The van der Waals surface area contributed by atoms with Gasteiger partial charge in [0.1, 0.15) is 0 Å². The molecule has 0 aliphatic rings. The highest BCUT2D eigenvalue weighted by atomic mass is 32.2. The summed E-state index contributed by atoms with van der Waals surface area (Å²) >= 11 is 1.66. The topological polar surface area (TPSA) is 41.5 Å². The Kier molecular flexibility index (Phi) is 7.46. The molecule has 1 aromatic carbocycles. The lowest BCUT2D eigenvalue weighted by molar-refractivity contribution is 0.0152. The average molecular weight is 283 g/mol. The fraction of sp³-hybridized carbons (Fsp3) is 0.600. The van der Waals surface area contributed by atoms with Crippen LogP contribution in [0, 0.1) is 0 Å². The quantitative estimate of drug-likeness (QED) is 0.720. The summed E-state index contributed by atoms with van der Waals surface area (Å²) in [4.78, 5) is 1.18. The SMILES string of the molecule is CNC(C)c1cccc(SCC(O)COC(C)C)c1. The number of hydrogen-bond acceptors (Lipinski definition) is 4. The summed E-state index contributed by atoms with van der Waals surface area (Å²) in [6.45, 7) is 6.48. The number of aliphatic hydroxyl groups excluding tert-OH is 1. The van der Waals surface area contributed by atoms with E-state index in [0.717, 1.165) is 0 Å². The van der Waals surface area contributed by atoms with E-state index in [1.807, 2.05) is 20.9 Å². The third-order valence-electron chi connectivity index (χ3n) is 2.86. The maximum Gasteiger partial charge on any atom is 0.0867 e. The zero-order chi connectivity index (χ0) is 14.3. The molecule has 3 nitrogen and oxygen atoms in total. The van der Waals surface area contributed by atoms with Crippen molar-refractivity contribution in [2.45, 2.75) is 43.9 Å². The van der Waals surface area contributed by atoms with E-state index >= 15 is 0 Å². The lowest BCUT2D eigenvalue weighted by atomic mass is 10.1. The summed E-state index contributed by atoms with van der Waals surface area (Å²) in [7, 11) is 1.96. The van der Waals surface area contributed by atoms with Crippen molar-refractivity contribution in [1.29, 1.82) is 0 Å². The van der Waals surface area contributed by atoms with Crippen LogP contribution in [-0.2, 0) is 4.74 Å². The van der Waals surface area contributed by atoms with Gasteiger partial charge in [-0.1, -0.05) is 12.1 Å². The van der Waals surface area contributed by atoms with Crippen LogP contribution < -0.4 is 5.32 Å². The van der Waals surface area contributed by atoms with Gasteiger partial charge in [0.2, 0.25) is 0 Å². The van der Waals surface area contributed by atoms with Gasteiger partial charge >= 0.3 is 0 Å². The molecule has 0 saturated carbocycles. The minimum Gasteiger partial charge on any atom is -0.390 e. The Labute approximate surface area is 120 Å². The van der Waals surface area contributed by atoms with Crippen LogP contribution in [0.3, 0.4) is 0 Å². The summed E-state index contributed by atoms with van der Waals surface area (Å²) in [5.41, 5.74) is 1.26. The van der Waals surface area contributed by atoms with Crippen molar-refractivity contribution >= 4 is 11.8 Å². The predicted molar refractivity (Wildman–Crippen MR) is 81.7 cm³/mol. The lowest BCUT2D eigenvalue weighted by Crippen LogP contribution is -2.20. The van der Waals surface area contributed by atoms with Crippen LogP contribution in [0.1, 0.15) is 32.4 Å². The number of hydrogen-bond donors (Lipinski definition) is 2. The molecule has 2 unspecified atom stereocenters. The number of thioether (sulfide) groups is 1. The van der Waals surface area contributed by atoms with E-state index in [9.17, 15) is 5.11 Å². The summed E-state index contributed by atoms with van der Waals surface area (Å²) in [5.74, 6) is 0.657. The zero-order valence-electron chi connectivity index (χ0n) is 12.2. The first-order valence-electron chi connectivity index (χ1n) is 6.72. The van der Waals surface area contributed by atoms with Gasteiger partial charge in [0.05, 0.1) is 18.8 Å². The largest absolute Gasteiger partial charge is 0.390 e. The molecule has 0 bridgehead atoms. The molecule has 0 spiro atoms. The number of rotatable bonds is 8. The monoisotopic (exact) mass is 283 g/mol. The van der Waals surface area contributed by atoms with Gasteiger partial charge < -0.3 is 15.2 Å². The van der Waals surface area contributed by atoms with Crippen molar-refractivity contribution in [1.82, 2.24) is 5.32 Å². The summed E-state index contributed by atoms with van der Waals surface area (Å²) in [6, 6.07) is 8.76. The summed E-state index contributed by atoms with van der Waals surface area (Å²) in [6.07, 6.45) is -0.253. The van der Waals surface area contributed by atoms with Crippen LogP contribution in [0.15, 0.2) is 29.2 Å². The van der Waals surface area contributed by atoms with Gasteiger partial charge in [-0.3, -0.25) is 0 Å². The standard InChI is InChI=1S/C15H25NO2S/c1-11(2)18-9-14(17)10-19-15-7-5-6-13(8-15)12(3)16-4/h5-8,11-12,14,16-17H,9-10H2,1-4H3. The third kappa shape index (κ3) is 6.43. The van der Waals surface area contributed by atoms with Gasteiger partial charge in [0.15, 0.2) is 0 Å². The van der Waals surface area contributed by atoms with Crippen molar-refractivity contribution in [3.8, 4) is 0 Å². The van der Waals surface area contributed by atoms with Gasteiger partial charge in [0.25, 0.3) is 0 Å². The van der Waals surface area contributed by atoms with Crippen molar-refractivity contribution in [3.05, 3.63) is 29.8 Å². The van der Waals surface area contributed by atoms with Crippen LogP contribution in [0.2, 0.25) is 0 Å². The van der Waals surface area contributed by atoms with Crippen LogP contribution in [0.5, 0.6) is 0 Å². The maximum absolute atomic E-state index is 9.83. The summed E-state index contributed by atoms with van der Waals surface area (Å²) < 4.78 is 5.40. The van der Waals surface area contributed by atoms with Gasteiger partial charge in [-0.05, 0) is 45.5 Å². The first kappa shape index (κ1) is 16.5. The Morgan fingerprint density at radius 3 is 2.68 bits per heavy atom. The highest BCUT2D eigenvalue weighted by molar-refractivity contribution is 7.99. The second-order valence-corrected chi connectivity index (χ2v) is 6.02. The molecule has 19 heavy (non-hydrogen) atoms. The number of aliphatic hydroxyl groups is 1. The first-order valence-corrected chi connectivity index (χ1v) is 7.71. The molecule has 0 aromatic heterocycles. The van der Waals surface area contributed by atoms with Crippen LogP contribution in [0.4, 0.5) is 0 Å². The molecule has 1 rings (SSSR count). The highest BCUT2D eigenvalue weighted by Gasteiger charge is 2.08. The Bertz CT molecular complexity index is 371. The molecule has 0 radical (unpaired) electrons. The molecule has 4 heteroatoms. The molecule has 0 heterocycles. The molecule has 0 aliphatic heterocycles. The molecule has 0 amide bonds. The second kappa shape index (κ2) is 8.59. The molecule has 108 valence electrons. The van der Waals surface area contributed by atoms with Gasteiger partial charge in [-0.25, -0.2) is 0 Å². The Morgan fingerprint density at radius 2 is 2.05 bits per heavy atom. The second-order valence-electron chi connectivity index (χ2n) is 4.93. The molecule has 0 fully saturated rings. The third-order valence-corrected chi connectivity index (χ3v) is 3.99. The van der Waals surface area contributed by atoms with Crippen LogP contribution in [-0.4, -0.2) is 36.7 Å². The molecular weight excluding hydrogens is 258 g/mol. The Balaban J connectivity index is 2.44. The van der Waals surface area contributed by atoms with Crippen molar-refractivity contribution < 1.29 is 9.84 Å². The lowest BCUT2D eigenvalue weighted by Gasteiger charge is -2.14. The smallest absolute Gasteiger partial charge is 0.0867 e. The van der Waals surface area contributed by atoms with Crippen molar-refractivity contribution in [2.24, 2.45) is 0 Å². The number of ether oxygens (including phenoxy) is 1. The minimum absolute atomic E-state index is 0.166. The maximum atomic E-state index is 9.83. The van der Waals surface area contributed by atoms with Gasteiger partial charge in [0, 0.05) is 16.7 Å². The van der Waals surface area contributed by atoms with E-state index in [4.69, 9.17) is 4.74 Å². The van der Waals surface area contributed by atoms with E-state index in [2.05, 4.69) is 36.5 Å². The average Bonchev–Trinajstić information content (AvgIpc) is 2.42. The van der Waals surface area contributed by atoms with Crippen LogP contribution >= 0.6 is 11.8 Å². The van der Waals surface area contributed by atoms with Crippen LogP contribution in [0.25, 0.3) is 0 Å². The summed E-state index contributed by atoms with van der Waals surface area (Å²) in [5, 5.41) is 13.1. The predicted octanol–water partition coefficient (Wildman–Crippen LogP) is 2.85. The zero-order valence-corrected chi connectivity index (χ0v) is 13.0. The van der Waals surface area contributed by atoms with Crippen molar-refractivity contribution in [2.75, 3.05) is 19.4 Å². The van der Waals surface area contributed by atoms with E-state index in [1.54, 1.807) is 11.8 Å². The molecule has 1 aromatic rings. The van der Waals surface area contributed by atoms with E-state index in [0.29, 0.717) is 18.4 Å². The Hall–Kier alpha value is -0.550. The normalized spacial score (nSPS) is 14.6. The molecule has 2 atom stereocenters. The molecule has 2 N–H and O–H groups in total. The van der Waals surface area contributed by atoms with E-state index in [1.165, 1.54) is 10.5 Å². The van der Waals surface area contributed by atoms with E-state index < -0.39 is 6.10 Å². The first-order chi connectivity index (χ1) is 9.02. The fourth-order valence-electron chi connectivity index (χ4n) is 1.58. The minimum atomic E-state index is -0.419.